The third kappa shape index (κ3) is 3.95. The van der Waals surface area contributed by atoms with Gasteiger partial charge in [-0.05, 0) is 49.6 Å². The van der Waals surface area contributed by atoms with Gasteiger partial charge in [-0.1, -0.05) is 29.8 Å². The van der Waals surface area contributed by atoms with Crippen molar-refractivity contribution in [3.05, 3.63) is 69.9 Å². The van der Waals surface area contributed by atoms with Crippen LogP contribution in [-0.4, -0.2) is 26.5 Å². The largest absolute Gasteiger partial charge is 0.508 e. The Hall–Kier alpha value is -2.88. The highest BCUT2D eigenvalue weighted by Gasteiger charge is 2.26. The lowest BCUT2D eigenvalue weighted by Crippen LogP contribution is -2.18. The topological polar surface area (TPSA) is 83.7 Å². The summed E-state index contributed by atoms with van der Waals surface area (Å²) in [5.41, 5.74) is 2.69. The Labute approximate surface area is 161 Å². The van der Waals surface area contributed by atoms with E-state index in [0.717, 1.165) is 11.1 Å². The molecular formula is C20H18ClN3O3. The Morgan fingerprint density at radius 3 is 2.70 bits per heavy atom. The highest BCUT2D eigenvalue weighted by molar-refractivity contribution is 6.34. The van der Waals surface area contributed by atoms with Gasteiger partial charge in [-0.3, -0.25) is 0 Å². The van der Waals surface area contributed by atoms with Crippen LogP contribution in [0.1, 0.15) is 29.9 Å². The minimum absolute atomic E-state index is 0.101. The van der Waals surface area contributed by atoms with E-state index >= 15 is 0 Å². The molecule has 1 aromatic heterocycles. The lowest BCUT2D eigenvalue weighted by Gasteiger charge is -2.18. The number of hydrogen-bond donors (Lipinski definition) is 2. The lowest BCUT2D eigenvalue weighted by molar-refractivity contribution is 0.148. The van der Waals surface area contributed by atoms with E-state index in [-0.39, 0.29) is 11.6 Å². The summed E-state index contributed by atoms with van der Waals surface area (Å²) in [5.74, 6) is 0.236. The number of hydrogen-bond acceptors (Lipinski definition) is 5. The van der Waals surface area contributed by atoms with E-state index < -0.39 is 12.0 Å². The van der Waals surface area contributed by atoms with Crippen molar-refractivity contribution < 1.29 is 14.6 Å². The number of rotatable bonds is 5. The summed E-state index contributed by atoms with van der Waals surface area (Å²) in [6.45, 7) is 10.6. The summed E-state index contributed by atoms with van der Waals surface area (Å²) in [6.07, 6.45) is -0.301. The van der Waals surface area contributed by atoms with Crippen LogP contribution < -0.4 is 0 Å². The predicted molar refractivity (Wildman–Crippen MR) is 102 cm³/mol. The average molecular weight is 384 g/mol. The van der Waals surface area contributed by atoms with Gasteiger partial charge < -0.3 is 14.6 Å². The summed E-state index contributed by atoms with van der Waals surface area (Å²) in [6, 6.07) is 10.0. The zero-order valence-corrected chi connectivity index (χ0v) is 15.6. The monoisotopic (exact) mass is 383 g/mol. The first-order valence-electron chi connectivity index (χ1n) is 8.37. The van der Waals surface area contributed by atoms with Gasteiger partial charge in [0, 0.05) is 5.56 Å². The van der Waals surface area contributed by atoms with Crippen LogP contribution >= 0.6 is 11.6 Å². The van der Waals surface area contributed by atoms with E-state index in [1.165, 1.54) is 6.07 Å². The normalized spacial score (nSPS) is 13.1. The molecule has 7 heteroatoms. The third-order valence-corrected chi connectivity index (χ3v) is 4.95. The second kappa shape index (κ2) is 7.78. The molecule has 0 aliphatic carbocycles. The highest BCUT2D eigenvalue weighted by atomic mass is 35.5. The fraction of sp³-hybridized carbons (Fsp3) is 0.250. The SMILES string of the molecule is [C-]#[N+]c1ccc(C[C@@H](c2nnc(-c3cccc(O)c3)o2)[C@H](C)O)c(C)c1Cl. The summed E-state index contributed by atoms with van der Waals surface area (Å²) in [7, 11) is 0. The number of halogens is 1. The molecule has 2 atom stereocenters. The van der Waals surface area contributed by atoms with Crippen LogP contribution in [0.3, 0.4) is 0 Å². The van der Waals surface area contributed by atoms with Crippen molar-refractivity contribution in [2.24, 2.45) is 0 Å². The molecule has 6 nitrogen and oxygen atoms in total. The Kier molecular flexibility index (Phi) is 5.45. The van der Waals surface area contributed by atoms with Crippen molar-refractivity contribution in [1.82, 2.24) is 10.2 Å². The Morgan fingerprint density at radius 2 is 2.04 bits per heavy atom. The lowest BCUT2D eigenvalue weighted by atomic mass is 9.92. The predicted octanol–water partition coefficient (Wildman–Crippen LogP) is 4.66. The van der Waals surface area contributed by atoms with Crippen molar-refractivity contribution in [2.75, 3.05) is 0 Å². The molecule has 27 heavy (non-hydrogen) atoms. The molecule has 0 spiro atoms. The molecule has 3 aromatic rings. The molecule has 0 bridgehead atoms. The molecule has 1 heterocycles. The minimum Gasteiger partial charge on any atom is -0.508 e. The zero-order valence-electron chi connectivity index (χ0n) is 14.8. The standard InChI is InChI=1S/C20H18ClN3O3/c1-11-13(7-8-17(22-3)18(11)21)10-16(12(2)25)20-24-23-19(27-20)14-5-4-6-15(26)9-14/h4-9,12,16,25-26H,10H2,1-2H3/t12-,16+/m0/s1. The van der Waals surface area contributed by atoms with Gasteiger partial charge >= 0.3 is 0 Å². The molecule has 0 fully saturated rings. The summed E-state index contributed by atoms with van der Waals surface area (Å²) in [5, 5.41) is 28.4. The second-order valence-corrected chi connectivity index (χ2v) is 6.72. The van der Waals surface area contributed by atoms with E-state index in [1.807, 2.05) is 13.0 Å². The van der Waals surface area contributed by atoms with E-state index in [0.29, 0.717) is 28.6 Å². The first-order valence-corrected chi connectivity index (χ1v) is 8.74. The first-order chi connectivity index (χ1) is 12.9. The zero-order chi connectivity index (χ0) is 19.6. The van der Waals surface area contributed by atoms with Crippen LogP contribution in [0, 0.1) is 13.5 Å². The number of aromatic nitrogens is 2. The number of aliphatic hydroxyl groups is 1. The van der Waals surface area contributed by atoms with Crippen molar-refractivity contribution in [1.29, 1.82) is 0 Å². The van der Waals surface area contributed by atoms with Gasteiger partial charge in [-0.2, -0.15) is 0 Å². The summed E-state index contributed by atoms with van der Waals surface area (Å²) in [4.78, 5) is 3.40. The molecule has 2 aromatic carbocycles. The molecular weight excluding hydrogens is 366 g/mol. The van der Waals surface area contributed by atoms with Crippen LogP contribution in [0.4, 0.5) is 5.69 Å². The first kappa shape index (κ1) is 18.9. The van der Waals surface area contributed by atoms with E-state index in [9.17, 15) is 10.2 Å². The summed E-state index contributed by atoms with van der Waals surface area (Å²) >= 11 is 6.26. The molecule has 0 amide bonds. The van der Waals surface area contributed by atoms with Crippen molar-refractivity contribution >= 4 is 17.3 Å². The molecule has 0 saturated heterocycles. The van der Waals surface area contributed by atoms with Gasteiger partial charge in [-0.15, -0.1) is 10.2 Å². The number of nitrogens with zero attached hydrogens (tertiary/aromatic N) is 3. The maximum atomic E-state index is 10.3. The maximum absolute atomic E-state index is 10.3. The molecule has 2 N–H and O–H groups in total. The summed E-state index contributed by atoms with van der Waals surface area (Å²) < 4.78 is 5.76. The van der Waals surface area contributed by atoms with Gasteiger partial charge in [0.25, 0.3) is 0 Å². The van der Waals surface area contributed by atoms with Crippen LogP contribution in [0.2, 0.25) is 5.02 Å². The smallest absolute Gasteiger partial charge is 0.247 e. The number of phenolic OH excluding ortho intramolecular Hbond substituents is 1. The van der Waals surface area contributed by atoms with Crippen LogP contribution in [0.5, 0.6) is 5.75 Å². The van der Waals surface area contributed by atoms with Crippen LogP contribution in [0.15, 0.2) is 40.8 Å². The second-order valence-electron chi connectivity index (χ2n) is 6.34. The van der Waals surface area contributed by atoms with E-state index in [4.69, 9.17) is 22.6 Å². The van der Waals surface area contributed by atoms with Crippen molar-refractivity contribution in [2.45, 2.75) is 32.3 Å². The van der Waals surface area contributed by atoms with Gasteiger partial charge in [0.1, 0.15) is 5.75 Å². The van der Waals surface area contributed by atoms with E-state index in [2.05, 4.69) is 15.0 Å². The van der Waals surface area contributed by atoms with E-state index in [1.54, 1.807) is 31.2 Å². The Bertz CT molecular complexity index is 1010. The van der Waals surface area contributed by atoms with Gasteiger partial charge in [0.2, 0.25) is 17.5 Å². The molecule has 0 aliphatic heterocycles. The third-order valence-electron chi connectivity index (χ3n) is 4.47. The molecule has 3 rings (SSSR count). The molecule has 0 aliphatic rings. The molecule has 0 unspecified atom stereocenters. The molecule has 0 saturated carbocycles. The number of benzene rings is 2. The van der Waals surface area contributed by atoms with Gasteiger partial charge in [-0.25, -0.2) is 4.85 Å². The number of phenols is 1. The number of aliphatic hydroxyl groups excluding tert-OH is 1. The molecule has 138 valence electrons. The minimum atomic E-state index is -0.735. The van der Waals surface area contributed by atoms with Gasteiger partial charge in [0.15, 0.2) is 0 Å². The highest BCUT2D eigenvalue weighted by Crippen LogP contribution is 2.34. The average Bonchev–Trinajstić information content (AvgIpc) is 3.12. The Balaban J connectivity index is 1.92. The fourth-order valence-corrected chi connectivity index (χ4v) is 3.09. The number of aromatic hydroxyl groups is 1. The fourth-order valence-electron chi connectivity index (χ4n) is 2.86. The van der Waals surface area contributed by atoms with Crippen molar-refractivity contribution in [3.63, 3.8) is 0 Å². The van der Waals surface area contributed by atoms with Crippen LogP contribution in [-0.2, 0) is 6.42 Å². The Morgan fingerprint density at radius 1 is 1.26 bits per heavy atom. The maximum Gasteiger partial charge on any atom is 0.247 e. The molecule has 0 radical (unpaired) electrons. The van der Waals surface area contributed by atoms with Crippen LogP contribution in [0.25, 0.3) is 16.3 Å². The van der Waals surface area contributed by atoms with Gasteiger partial charge in [0.05, 0.1) is 23.6 Å². The quantitative estimate of drug-likeness (QED) is 0.626. The van der Waals surface area contributed by atoms with Crippen molar-refractivity contribution in [3.8, 4) is 17.2 Å².